The maximum absolute atomic E-state index is 12.7. The van der Waals surface area contributed by atoms with E-state index in [4.69, 9.17) is 41.8 Å². The Morgan fingerprint density at radius 1 is 1.03 bits per heavy atom. The maximum atomic E-state index is 12.7. The lowest BCUT2D eigenvalue weighted by molar-refractivity contribution is -0.115. The number of thiazole rings is 1. The van der Waals surface area contributed by atoms with Crippen LogP contribution in [0, 0.1) is 0 Å². The predicted octanol–water partition coefficient (Wildman–Crippen LogP) is 6.31. The molecular weight excluding hydrogens is 547 g/mol. The average molecular weight is 567 g/mol. The van der Waals surface area contributed by atoms with E-state index in [0.717, 1.165) is 17.3 Å². The van der Waals surface area contributed by atoms with Gasteiger partial charge in [-0.25, -0.2) is 4.98 Å². The summed E-state index contributed by atoms with van der Waals surface area (Å²) in [5.74, 6) is 1.34. The van der Waals surface area contributed by atoms with E-state index < -0.39 is 5.25 Å². The molecule has 188 valence electrons. The van der Waals surface area contributed by atoms with Gasteiger partial charge in [-0.05, 0) is 31.2 Å². The second-order valence-corrected chi connectivity index (χ2v) is 10.2. The molecule has 4 aromatic rings. The minimum atomic E-state index is -0.532. The lowest BCUT2D eigenvalue weighted by atomic mass is 10.2. The number of amides is 1. The van der Waals surface area contributed by atoms with Crippen molar-refractivity contribution in [3.05, 3.63) is 45.8 Å². The Kier molecular flexibility index (Phi) is 8.24. The largest absolute Gasteiger partial charge is 0.493 e. The highest BCUT2D eigenvalue weighted by Gasteiger charge is 2.22. The van der Waals surface area contributed by atoms with Gasteiger partial charge in [-0.2, -0.15) is 0 Å². The summed E-state index contributed by atoms with van der Waals surface area (Å²) in [6.45, 7) is 1.73. The number of anilines is 1. The van der Waals surface area contributed by atoms with Gasteiger partial charge in [-0.1, -0.05) is 41.0 Å². The van der Waals surface area contributed by atoms with Crippen molar-refractivity contribution < 1.29 is 23.4 Å². The SMILES string of the molecule is COc1cc(-c2nnc(SC(C)C(=O)Nc3nc(-c4ccc(Cl)c(Cl)c4)cs3)o2)cc(OC)c1OC. The average Bonchev–Trinajstić information content (AvgIpc) is 3.54. The predicted molar refractivity (Wildman–Crippen MR) is 141 cm³/mol. The van der Waals surface area contributed by atoms with Crippen LogP contribution in [0.2, 0.25) is 10.0 Å². The Labute approximate surface area is 225 Å². The number of nitrogens with one attached hydrogen (secondary N) is 1. The number of rotatable bonds is 9. The second-order valence-electron chi connectivity index (χ2n) is 7.20. The summed E-state index contributed by atoms with van der Waals surface area (Å²) in [7, 11) is 4.56. The minimum Gasteiger partial charge on any atom is -0.493 e. The number of ether oxygens (including phenoxy) is 3. The molecule has 2 aromatic heterocycles. The van der Waals surface area contributed by atoms with Crippen molar-refractivity contribution in [3.8, 4) is 40.0 Å². The first-order valence-electron chi connectivity index (χ1n) is 10.3. The molecule has 1 amide bonds. The molecule has 4 rings (SSSR count). The van der Waals surface area contributed by atoms with Crippen molar-refractivity contribution in [3.63, 3.8) is 0 Å². The summed E-state index contributed by atoms with van der Waals surface area (Å²) in [6.07, 6.45) is 0. The van der Waals surface area contributed by atoms with E-state index in [2.05, 4.69) is 20.5 Å². The third-order valence-electron chi connectivity index (χ3n) is 4.91. The van der Waals surface area contributed by atoms with E-state index in [1.54, 1.807) is 31.2 Å². The number of halogens is 2. The monoisotopic (exact) mass is 566 g/mol. The summed E-state index contributed by atoms with van der Waals surface area (Å²) in [4.78, 5) is 17.2. The molecule has 0 bridgehead atoms. The van der Waals surface area contributed by atoms with Crippen LogP contribution in [0.5, 0.6) is 17.2 Å². The minimum absolute atomic E-state index is 0.233. The van der Waals surface area contributed by atoms with Crippen molar-refractivity contribution in [2.24, 2.45) is 0 Å². The van der Waals surface area contributed by atoms with Gasteiger partial charge in [-0.15, -0.1) is 21.5 Å². The standard InChI is InChI=1S/C23H20Cl2N4O5S2/c1-11(20(30)27-22-26-16(10-35-22)12-5-6-14(24)15(25)7-12)36-23-29-28-21(34-23)13-8-17(31-2)19(33-4)18(9-13)32-3/h5-11H,1-4H3,(H,26,27,30). The molecule has 0 aliphatic heterocycles. The van der Waals surface area contributed by atoms with Crippen molar-refractivity contribution >= 4 is 57.3 Å². The van der Waals surface area contributed by atoms with Gasteiger partial charge in [0.25, 0.3) is 5.22 Å². The van der Waals surface area contributed by atoms with E-state index in [0.29, 0.717) is 43.7 Å². The number of benzene rings is 2. The number of nitrogens with zero attached hydrogens (tertiary/aromatic N) is 3. The second kappa shape index (κ2) is 11.4. The molecule has 1 N–H and O–H groups in total. The molecule has 13 heteroatoms. The lowest BCUT2D eigenvalue weighted by Gasteiger charge is -2.12. The van der Waals surface area contributed by atoms with E-state index in [1.807, 2.05) is 11.4 Å². The third kappa shape index (κ3) is 5.70. The smallest absolute Gasteiger partial charge is 0.277 e. The van der Waals surface area contributed by atoms with E-state index >= 15 is 0 Å². The fourth-order valence-electron chi connectivity index (χ4n) is 3.11. The highest BCUT2D eigenvalue weighted by molar-refractivity contribution is 8.00. The van der Waals surface area contributed by atoms with Crippen LogP contribution in [0.1, 0.15) is 6.92 Å². The van der Waals surface area contributed by atoms with Gasteiger partial charge in [0.05, 0.1) is 42.3 Å². The summed E-state index contributed by atoms with van der Waals surface area (Å²) in [5, 5.41) is 13.8. The molecule has 1 unspecified atom stereocenters. The van der Waals surface area contributed by atoms with Crippen LogP contribution in [0.15, 0.2) is 45.4 Å². The van der Waals surface area contributed by atoms with Crippen LogP contribution < -0.4 is 19.5 Å². The Morgan fingerprint density at radius 3 is 2.39 bits per heavy atom. The van der Waals surface area contributed by atoms with E-state index in [-0.39, 0.29) is 17.0 Å². The zero-order valence-electron chi connectivity index (χ0n) is 19.5. The molecule has 0 spiro atoms. The van der Waals surface area contributed by atoms with Crippen LogP contribution in [0.4, 0.5) is 5.13 Å². The third-order valence-corrected chi connectivity index (χ3v) is 7.35. The van der Waals surface area contributed by atoms with Gasteiger partial charge in [0.1, 0.15) is 0 Å². The zero-order chi connectivity index (χ0) is 25.8. The summed E-state index contributed by atoms with van der Waals surface area (Å²) < 4.78 is 21.8. The first kappa shape index (κ1) is 26.1. The Morgan fingerprint density at radius 2 is 1.75 bits per heavy atom. The molecule has 2 heterocycles. The Bertz CT molecular complexity index is 1370. The normalized spacial score (nSPS) is 11.7. The fraction of sp³-hybridized carbons (Fsp3) is 0.217. The molecule has 0 saturated heterocycles. The van der Waals surface area contributed by atoms with Crippen molar-refractivity contribution in [2.75, 3.05) is 26.6 Å². The number of aromatic nitrogens is 3. The van der Waals surface area contributed by atoms with Crippen LogP contribution in [-0.2, 0) is 4.79 Å². The molecule has 36 heavy (non-hydrogen) atoms. The molecule has 9 nitrogen and oxygen atoms in total. The van der Waals surface area contributed by atoms with Gasteiger partial charge in [-0.3, -0.25) is 4.79 Å². The van der Waals surface area contributed by atoms with Crippen molar-refractivity contribution in [1.29, 1.82) is 0 Å². The fourth-order valence-corrected chi connectivity index (χ4v) is 4.81. The van der Waals surface area contributed by atoms with Gasteiger partial charge in [0.2, 0.25) is 17.5 Å². The number of carbonyl (C=O) groups is 1. The first-order valence-corrected chi connectivity index (χ1v) is 12.9. The van der Waals surface area contributed by atoms with Gasteiger partial charge in [0.15, 0.2) is 16.6 Å². The molecule has 1 atom stereocenters. The molecule has 2 aromatic carbocycles. The Hall–Kier alpha value is -2.99. The highest BCUT2D eigenvalue weighted by atomic mass is 35.5. The zero-order valence-corrected chi connectivity index (χ0v) is 22.6. The van der Waals surface area contributed by atoms with Crippen molar-refractivity contribution in [1.82, 2.24) is 15.2 Å². The van der Waals surface area contributed by atoms with Crippen LogP contribution in [0.25, 0.3) is 22.7 Å². The quantitative estimate of drug-likeness (QED) is 0.233. The molecule has 0 saturated carbocycles. The van der Waals surface area contributed by atoms with E-state index in [9.17, 15) is 4.79 Å². The van der Waals surface area contributed by atoms with Crippen molar-refractivity contribution in [2.45, 2.75) is 17.4 Å². The molecular formula is C23H20Cl2N4O5S2. The van der Waals surface area contributed by atoms with Gasteiger partial charge >= 0.3 is 0 Å². The molecule has 0 aliphatic rings. The number of thioether (sulfide) groups is 1. The molecule has 0 aliphatic carbocycles. The number of hydrogen-bond acceptors (Lipinski definition) is 10. The summed E-state index contributed by atoms with van der Waals surface area (Å²) in [6, 6.07) is 8.64. The molecule has 0 fully saturated rings. The van der Waals surface area contributed by atoms with Crippen LogP contribution in [-0.4, -0.2) is 47.7 Å². The van der Waals surface area contributed by atoms with Crippen LogP contribution >= 0.6 is 46.3 Å². The first-order chi connectivity index (χ1) is 17.3. The number of carbonyl (C=O) groups excluding carboxylic acids is 1. The summed E-state index contributed by atoms with van der Waals surface area (Å²) >= 11 is 14.5. The summed E-state index contributed by atoms with van der Waals surface area (Å²) in [5.41, 5.74) is 2.06. The lowest BCUT2D eigenvalue weighted by Crippen LogP contribution is -2.22. The number of hydrogen-bond donors (Lipinski definition) is 1. The topological polar surface area (TPSA) is 109 Å². The molecule has 0 radical (unpaired) electrons. The van der Waals surface area contributed by atoms with Gasteiger partial charge in [0, 0.05) is 16.5 Å². The highest BCUT2D eigenvalue weighted by Crippen LogP contribution is 2.41. The maximum Gasteiger partial charge on any atom is 0.277 e. The van der Waals surface area contributed by atoms with Crippen LogP contribution in [0.3, 0.4) is 0 Å². The van der Waals surface area contributed by atoms with E-state index in [1.165, 1.54) is 32.7 Å². The number of methoxy groups -OCH3 is 3. The Balaban J connectivity index is 1.43. The van der Waals surface area contributed by atoms with Gasteiger partial charge < -0.3 is 23.9 Å².